The second kappa shape index (κ2) is 13.7. The molecule has 0 saturated heterocycles. The third kappa shape index (κ3) is 8.70. The molecule has 1 unspecified atom stereocenters. The van der Waals surface area contributed by atoms with E-state index in [1.807, 2.05) is 0 Å². The number of halogens is 1. The van der Waals surface area contributed by atoms with Crippen molar-refractivity contribution in [2.24, 2.45) is 0 Å². The molecule has 1 aromatic carbocycles. The van der Waals surface area contributed by atoms with Crippen LogP contribution in [0.1, 0.15) is 39.4 Å². The number of benzene rings is 1. The fourth-order valence-electron chi connectivity index (χ4n) is 3.81. The van der Waals surface area contributed by atoms with Crippen molar-refractivity contribution in [3.8, 4) is 0 Å². The lowest BCUT2D eigenvalue weighted by Crippen LogP contribution is -2.44. The number of aromatic nitrogens is 4. The summed E-state index contributed by atoms with van der Waals surface area (Å²) in [4.78, 5) is 72.8. The maximum Gasteiger partial charge on any atom is 0.420 e. The van der Waals surface area contributed by atoms with Crippen molar-refractivity contribution in [3.63, 3.8) is 0 Å². The minimum atomic E-state index is -1.12. The van der Waals surface area contributed by atoms with Crippen LogP contribution in [0.4, 0.5) is 19.7 Å². The Morgan fingerprint density at radius 2 is 1.91 bits per heavy atom. The summed E-state index contributed by atoms with van der Waals surface area (Å²) in [6.07, 6.45) is 3.91. The van der Waals surface area contributed by atoms with E-state index in [1.54, 1.807) is 40.9 Å². The monoisotopic (exact) mass is 599 g/mol. The molecule has 15 heteroatoms. The van der Waals surface area contributed by atoms with Gasteiger partial charge in [-0.1, -0.05) is 6.08 Å². The van der Waals surface area contributed by atoms with Crippen molar-refractivity contribution in [2.75, 3.05) is 26.5 Å². The molecule has 0 aliphatic rings. The van der Waals surface area contributed by atoms with E-state index in [9.17, 15) is 28.4 Å². The number of nitrogens with one attached hydrogen (secondary N) is 2. The summed E-state index contributed by atoms with van der Waals surface area (Å²) in [7, 11) is 4.32. The molecule has 230 valence electrons. The number of carbonyl (C=O) groups excluding carboxylic acids is 4. The largest absolute Gasteiger partial charge is 0.453 e. The van der Waals surface area contributed by atoms with Crippen LogP contribution in [-0.4, -0.2) is 80.9 Å². The van der Waals surface area contributed by atoms with E-state index in [-0.39, 0.29) is 47.8 Å². The summed E-state index contributed by atoms with van der Waals surface area (Å²) in [6.45, 7) is 4.78. The molecular formula is C28H34FN7O7. The number of fused-ring (bicyclic) bond motifs is 1. The van der Waals surface area contributed by atoms with Gasteiger partial charge in [-0.05, 0) is 51.8 Å². The molecule has 43 heavy (non-hydrogen) atoms. The summed E-state index contributed by atoms with van der Waals surface area (Å²) >= 11 is 0. The molecule has 2 heterocycles. The zero-order valence-electron chi connectivity index (χ0n) is 24.7. The van der Waals surface area contributed by atoms with E-state index in [0.29, 0.717) is 0 Å². The number of hydrogen-bond donors (Lipinski definition) is 2. The first-order chi connectivity index (χ1) is 20.2. The Kier molecular flexibility index (Phi) is 10.4. The van der Waals surface area contributed by atoms with Crippen LogP contribution in [-0.2, 0) is 25.6 Å². The number of amides is 3. The number of rotatable bonds is 9. The predicted octanol–water partition coefficient (Wildman–Crippen LogP) is 2.65. The average molecular weight is 600 g/mol. The Balaban J connectivity index is 1.88. The maximum absolute atomic E-state index is 13.9. The van der Waals surface area contributed by atoms with Gasteiger partial charge in [-0.2, -0.15) is 0 Å². The third-order valence-corrected chi connectivity index (χ3v) is 5.85. The Hall–Kier alpha value is -5.08. The van der Waals surface area contributed by atoms with Crippen molar-refractivity contribution in [1.29, 1.82) is 0 Å². The van der Waals surface area contributed by atoms with E-state index >= 15 is 0 Å². The molecule has 0 radical (unpaired) electrons. The molecule has 0 bridgehead atoms. The maximum atomic E-state index is 13.9. The molecular weight excluding hydrogens is 565 g/mol. The first-order valence-electron chi connectivity index (χ1n) is 13.2. The van der Waals surface area contributed by atoms with Crippen LogP contribution in [0.2, 0.25) is 0 Å². The standard InChI is InChI=1S/C28H34FN7O7/c1-28(2,3)43-27(41)36-21-12-11-17(29)13-19(21)31-22(36)15-35-16-30-14-20(25(35)39)32-24(38)18(33-26(40)42-6)9-7-8-10-23(37)34(4)5/h8,10-14,16,18H,7,9,15H2,1-6H3,(H,32,38)(H,33,40)/b10-8+. The normalized spacial score (nSPS) is 12.2. The number of hydrogen-bond acceptors (Lipinski definition) is 9. The zero-order valence-corrected chi connectivity index (χ0v) is 24.7. The highest BCUT2D eigenvalue weighted by Gasteiger charge is 2.25. The number of imidazole rings is 1. The minimum Gasteiger partial charge on any atom is -0.453 e. The molecule has 2 aromatic heterocycles. The van der Waals surface area contributed by atoms with Crippen molar-refractivity contribution >= 4 is 40.7 Å². The van der Waals surface area contributed by atoms with Crippen LogP contribution < -0.4 is 16.2 Å². The fourth-order valence-corrected chi connectivity index (χ4v) is 3.81. The molecule has 0 aliphatic carbocycles. The second-order valence-electron chi connectivity index (χ2n) is 10.6. The average Bonchev–Trinajstić information content (AvgIpc) is 3.28. The van der Waals surface area contributed by atoms with Crippen molar-refractivity contribution in [3.05, 3.63) is 64.9 Å². The lowest BCUT2D eigenvalue weighted by Gasteiger charge is -2.20. The zero-order chi connectivity index (χ0) is 31.9. The molecule has 3 amide bonds. The highest BCUT2D eigenvalue weighted by molar-refractivity contribution is 5.96. The van der Waals surface area contributed by atoms with E-state index in [4.69, 9.17) is 4.74 Å². The quantitative estimate of drug-likeness (QED) is 0.352. The molecule has 0 fully saturated rings. The smallest absolute Gasteiger partial charge is 0.420 e. The number of likely N-dealkylation sites (N-methyl/N-ethyl adjacent to an activating group) is 1. The Bertz CT molecular complexity index is 1600. The second-order valence-corrected chi connectivity index (χ2v) is 10.6. The summed E-state index contributed by atoms with van der Waals surface area (Å²) in [5, 5.41) is 4.87. The lowest BCUT2D eigenvalue weighted by atomic mass is 10.1. The summed E-state index contributed by atoms with van der Waals surface area (Å²) in [6, 6.07) is 2.58. The summed E-state index contributed by atoms with van der Waals surface area (Å²) < 4.78 is 26.3. The van der Waals surface area contributed by atoms with Gasteiger partial charge in [0.1, 0.15) is 29.0 Å². The first-order valence-corrected chi connectivity index (χ1v) is 13.2. The highest BCUT2D eigenvalue weighted by Crippen LogP contribution is 2.21. The Morgan fingerprint density at radius 3 is 2.56 bits per heavy atom. The molecule has 3 aromatic rings. The van der Waals surface area contributed by atoms with Crippen LogP contribution >= 0.6 is 0 Å². The van der Waals surface area contributed by atoms with Gasteiger partial charge >= 0.3 is 12.2 Å². The fraction of sp³-hybridized carbons (Fsp3) is 0.393. The minimum absolute atomic E-state index is 0.0616. The number of alkyl carbamates (subject to hydrolysis) is 1. The molecule has 1 atom stereocenters. The van der Waals surface area contributed by atoms with Gasteiger partial charge in [0.2, 0.25) is 11.8 Å². The van der Waals surface area contributed by atoms with E-state index in [2.05, 4.69) is 25.3 Å². The summed E-state index contributed by atoms with van der Waals surface area (Å²) in [5.41, 5.74) is -1.31. The lowest BCUT2D eigenvalue weighted by molar-refractivity contribution is -0.123. The van der Waals surface area contributed by atoms with Crippen molar-refractivity contribution < 1.29 is 33.0 Å². The summed E-state index contributed by atoms with van der Waals surface area (Å²) in [5.74, 6) is -1.48. The number of anilines is 1. The van der Waals surface area contributed by atoms with E-state index in [1.165, 1.54) is 29.4 Å². The van der Waals surface area contributed by atoms with Gasteiger partial charge in [-0.15, -0.1) is 0 Å². The van der Waals surface area contributed by atoms with Crippen LogP contribution in [0.15, 0.2) is 47.7 Å². The number of carbonyl (C=O) groups is 4. The van der Waals surface area contributed by atoms with Gasteiger partial charge in [0.15, 0.2) is 0 Å². The molecule has 0 aliphatic heterocycles. The number of methoxy groups -OCH3 is 1. The van der Waals surface area contributed by atoms with Crippen LogP contribution in [0.5, 0.6) is 0 Å². The SMILES string of the molecule is COC(=O)NC(CC/C=C/C(=O)N(C)C)C(=O)Nc1cncn(Cc2nc3cc(F)ccc3n2C(=O)OC(C)(C)C)c1=O. The molecule has 3 rings (SSSR count). The Morgan fingerprint density at radius 1 is 1.19 bits per heavy atom. The van der Waals surface area contributed by atoms with E-state index < -0.39 is 41.1 Å². The van der Waals surface area contributed by atoms with Gasteiger partial charge in [0.05, 0.1) is 37.2 Å². The van der Waals surface area contributed by atoms with Gasteiger partial charge in [-0.3, -0.25) is 19.0 Å². The van der Waals surface area contributed by atoms with Crippen LogP contribution in [0, 0.1) is 5.82 Å². The topological polar surface area (TPSA) is 167 Å². The van der Waals surface area contributed by atoms with E-state index in [0.717, 1.165) is 28.5 Å². The van der Waals surface area contributed by atoms with Crippen LogP contribution in [0.3, 0.4) is 0 Å². The van der Waals surface area contributed by atoms with Crippen LogP contribution in [0.25, 0.3) is 11.0 Å². The molecule has 14 nitrogen and oxygen atoms in total. The first kappa shape index (κ1) is 32.4. The van der Waals surface area contributed by atoms with Gasteiger partial charge in [0.25, 0.3) is 5.56 Å². The van der Waals surface area contributed by atoms with Crippen molar-refractivity contribution in [1.82, 2.24) is 29.3 Å². The molecule has 0 spiro atoms. The van der Waals surface area contributed by atoms with Gasteiger partial charge in [0, 0.05) is 20.2 Å². The third-order valence-electron chi connectivity index (χ3n) is 5.85. The number of ether oxygens (including phenoxy) is 2. The number of allylic oxidation sites excluding steroid dienone is 1. The van der Waals surface area contributed by atoms with Gasteiger partial charge in [-0.25, -0.2) is 28.5 Å². The Labute approximate surface area is 246 Å². The number of nitrogens with zero attached hydrogens (tertiary/aromatic N) is 5. The molecule has 2 N–H and O–H groups in total. The van der Waals surface area contributed by atoms with Gasteiger partial charge < -0.3 is 25.0 Å². The van der Waals surface area contributed by atoms with Crippen molar-refractivity contribution in [2.45, 2.75) is 51.8 Å². The molecule has 0 saturated carbocycles. The highest BCUT2D eigenvalue weighted by atomic mass is 19.1. The predicted molar refractivity (Wildman–Crippen MR) is 154 cm³/mol.